The maximum absolute atomic E-state index is 12.4. The summed E-state index contributed by atoms with van der Waals surface area (Å²) in [5, 5.41) is 16.5. The van der Waals surface area contributed by atoms with Gasteiger partial charge < -0.3 is 20.5 Å². The number of amides is 2. The molecular weight excluding hydrogens is 527 g/mol. The molecule has 0 spiro atoms. The quantitative estimate of drug-likeness (QED) is 0.0736. The van der Waals surface area contributed by atoms with Crippen LogP contribution >= 0.6 is 23.2 Å². The van der Waals surface area contributed by atoms with Crippen molar-refractivity contribution in [3.8, 4) is 0 Å². The van der Waals surface area contributed by atoms with Crippen LogP contribution in [0.15, 0.2) is 0 Å². The zero-order valence-electron chi connectivity index (χ0n) is 24.5. The number of rotatable bonds is 23. The number of alkyl halides is 2. The van der Waals surface area contributed by atoms with Gasteiger partial charge in [-0.05, 0) is 59.8 Å². The molecule has 2 atom stereocenters. The molecule has 0 radical (unpaired) electrons. The molecule has 224 valence electrons. The fourth-order valence-corrected chi connectivity index (χ4v) is 5.19. The summed E-state index contributed by atoms with van der Waals surface area (Å²) < 4.78 is 5.35. The number of ether oxygens (including phenoxy) is 1. The summed E-state index contributed by atoms with van der Waals surface area (Å²) in [5.74, 6) is -0.905. The molecule has 9 heteroatoms. The van der Waals surface area contributed by atoms with E-state index in [1.54, 1.807) is 0 Å². The number of aliphatic hydroxyl groups excluding tert-OH is 1. The molecule has 0 aliphatic rings. The van der Waals surface area contributed by atoms with E-state index in [0.717, 1.165) is 70.6 Å². The van der Waals surface area contributed by atoms with E-state index in [1.165, 1.54) is 0 Å². The second-order valence-electron chi connectivity index (χ2n) is 11.8. The van der Waals surface area contributed by atoms with Crippen molar-refractivity contribution in [2.24, 2.45) is 0 Å². The monoisotopic (exact) mass is 580 g/mol. The van der Waals surface area contributed by atoms with E-state index in [0.29, 0.717) is 25.7 Å². The van der Waals surface area contributed by atoms with E-state index in [4.69, 9.17) is 27.9 Å². The highest BCUT2D eigenvalue weighted by Gasteiger charge is 2.31. The minimum atomic E-state index is -0.634. The van der Waals surface area contributed by atoms with Crippen LogP contribution in [0.1, 0.15) is 131 Å². The van der Waals surface area contributed by atoms with Gasteiger partial charge in [0.1, 0.15) is 17.9 Å². The zero-order valence-corrected chi connectivity index (χ0v) is 26.0. The number of hydrogen-bond acceptors (Lipinski definition) is 5. The number of unbranched alkanes of at least 4 members (excludes halogenated alkanes) is 9. The van der Waals surface area contributed by atoms with Crippen molar-refractivity contribution >= 4 is 41.0 Å². The van der Waals surface area contributed by atoms with Gasteiger partial charge in [-0.15, -0.1) is 23.2 Å². The lowest BCUT2D eigenvalue weighted by molar-refractivity contribution is -0.152. The third-order valence-corrected chi connectivity index (χ3v) is 6.99. The van der Waals surface area contributed by atoms with Gasteiger partial charge in [0.2, 0.25) is 11.8 Å². The third kappa shape index (κ3) is 19.9. The van der Waals surface area contributed by atoms with Gasteiger partial charge in [0, 0.05) is 17.5 Å². The highest BCUT2D eigenvalue weighted by atomic mass is 35.5. The molecule has 38 heavy (non-hydrogen) atoms. The number of carbonyl (C=O) groups excluding carboxylic acids is 3. The highest BCUT2D eigenvalue weighted by molar-refractivity contribution is 6.27. The van der Waals surface area contributed by atoms with Crippen molar-refractivity contribution < 1.29 is 24.2 Å². The molecule has 0 bridgehead atoms. The minimum absolute atomic E-state index is 0.0396. The third-order valence-electron chi connectivity index (χ3n) is 6.53. The molecule has 7 nitrogen and oxygen atoms in total. The molecule has 0 aromatic rings. The van der Waals surface area contributed by atoms with E-state index >= 15 is 0 Å². The van der Waals surface area contributed by atoms with E-state index < -0.39 is 29.3 Å². The number of nitrogens with one attached hydrogen (secondary N) is 2. The van der Waals surface area contributed by atoms with Crippen LogP contribution in [0.3, 0.4) is 0 Å². The van der Waals surface area contributed by atoms with Crippen molar-refractivity contribution in [1.29, 1.82) is 0 Å². The Balaban J connectivity index is 3.99. The molecule has 0 heterocycles. The van der Waals surface area contributed by atoms with Gasteiger partial charge in [-0.25, -0.2) is 0 Å². The normalized spacial score (nSPS) is 13.6. The fraction of sp³-hybridized carbons (Fsp3) is 0.897. The van der Waals surface area contributed by atoms with Crippen LogP contribution in [-0.2, 0) is 19.1 Å². The summed E-state index contributed by atoms with van der Waals surface area (Å²) in [6.07, 6.45) is 12.7. The predicted octanol–water partition coefficient (Wildman–Crippen LogP) is 6.40. The van der Waals surface area contributed by atoms with Crippen LogP contribution in [0.2, 0.25) is 0 Å². The molecule has 2 amide bonds. The first-order valence-corrected chi connectivity index (χ1v) is 15.5. The Kier molecular flexibility index (Phi) is 20.2. The van der Waals surface area contributed by atoms with Gasteiger partial charge in [0.25, 0.3) is 0 Å². The van der Waals surface area contributed by atoms with Crippen LogP contribution in [0.4, 0.5) is 0 Å². The second kappa shape index (κ2) is 20.8. The minimum Gasteiger partial charge on any atom is -0.459 e. The summed E-state index contributed by atoms with van der Waals surface area (Å²) in [6, 6.07) is 0. The van der Waals surface area contributed by atoms with Crippen molar-refractivity contribution in [2.45, 2.75) is 154 Å². The van der Waals surface area contributed by atoms with Crippen LogP contribution < -0.4 is 10.6 Å². The Labute approximate surface area is 241 Å². The first-order chi connectivity index (χ1) is 17.9. The lowest BCUT2D eigenvalue weighted by Crippen LogP contribution is -2.53. The number of carbonyl (C=O) groups is 3. The van der Waals surface area contributed by atoms with E-state index in [-0.39, 0.29) is 23.6 Å². The summed E-state index contributed by atoms with van der Waals surface area (Å²) >= 11 is 11.1. The smallest absolute Gasteiger partial charge is 0.321 e. The predicted molar refractivity (Wildman–Crippen MR) is 157 cm³/mol. The average molecular weight is 582 g/mol. The SMILES string of the molecule is CCCCCC(OC(=O)CCl)C(O)CCCCCCCCCCC(=O)NC(C)(C)CC(C)(C)NC(=O)CCl. The Morgan fingerprint density at radius 3 is 1.76 bits per heavy atom. The van der Waals surface area contributed by atoms with E-state index in [9.17, 15) is 19.5 Å². The highest BCUT2D eigenvalue weighted by Crippen LogP contribution is 2.21. The molecule has 0 aromatic heterocycles. The van der Waals surface area contributed by atoms with Crippen molar-refractivity contribution in [3.63, 3.8) is 0 Å². The van der Waals surface area contributed by atoms with Crippen LogP contribution in [0.25, 0.3) is 0 Å². The largest absolute Gasteiger partial charge is 0.459 e. The number of halogens is 2. The Morgan fingerprint density at radius 1 is 0.737 bits per heavy atom. The van der Waals surface area contributed by atoms with Gasteiger partial charge >= 0.3 is 5.97 Å². The molecule has 0 fully saturated rings. The van der Waals surface area contributed by atoms with Gasteiger partial charge in [-0.1, -0.05) is 64.7 Å². The maximum atomic E-state index is 12.4. The number of esters is 1. The summed E-state index contributed by atoms with van der Waals surface area (Å²) in [4.78, 5) is 35.6. The van der Waals surface area contributed by atoms with Crippen LogP contribution in [-0.4, -0.2) is 57.9 Å². The number of hydrogen-bond donors (Lipinski definition) is 3. The number of aliphatic hydroxyl groups is 1. The van der Waals surface area contributed by atoms with Crippen LogP contribution in [0.5, 0.6) is 0 Å². The molecule has 2 unspecified atom stereocenters. The molecule has 0 saturated heterocycles. The van der Waals surface area contributed by atoms with Gasteiger partial charge in [0.05, 0.1) is 6.10 Å². The molecule has 0 aliphatic carbocycles. The topological polar surface area (TPSA) is 105 Å². The standard InChI is InChI=1S/C29H54Cl2N2O5/c1-6-7-14-18-24(38-27(37)21-31)23(34)17-15-12-10-8-9-11-13-16-19-25(35)32-28(2,3)22-29(4,5)33-26(36)20-30/h23-24,34H,6-22H2,1-5H3,(H,32,35)(H,33,36). The summed E-state index contributed by atoms with van der Waals surface area (Å²) in [7, 11) is 0. The summed E-state index contributed by atoms with van der Waals surface area (Å²) in [5.41, 5.74) is -0.900. The van der Waals surface area contributed by atoms with Crippen molar-refractivity contribution in [2.75, 3.05) is 11.8 Å². The summed E-state index contributed by atoms with van der Waals surface area (Å²) in [6.45, 7) is 9.91. The maximum Gasteiger partial charge on any atom is 0.321 e. The second-order valence-corrected chi connectivity index (χ2v) is 12.3. The molecule has 0 aromatic carbocycles. The van der Waals surface area contributed by atoms with Gasteiger partial charge in [0.15, 0.2) is 0 Å². The van der Waals surface area contributed by atoms with Crippen LogP contribution in [0, 0.1) is 0 Å². The molecule has 0 saturated carbocycles. The van der Waals surface area contributed by atoms with Gasteiger partial charge in [-0.3, -0.25) is 14.4 Å². The molecular formula is C29H54Cl2N2O5. The van der Waals surface area contributed by atoms with E-state index in [2.05, 4.69) is 17.6 Å². The van der Waals surface area contributed by atoms with E-state index in [1.807, 2.05) is 27.7 Å². The lowest BCUT2D eigenvalue weighted by atomic mass is 9.86. The van der Waals surface area contributed by atoms with Crippen molar-refractivity contribution in [3.05, 3.63) is 0 Å². The Bertz CT molecular complexity index is 673. The Morgan fingerprint density at radius 2 is 1.24 bits per heavy atom. The lowest BCUT2D eigenvalue weighted by Gasteiger charge is -2.36. The molecule has 0 rings (SSSR count). The first kappa shape index (κ1) is 37.0. The van der Waals surface area contributed by atoms with Crippen molar-refractivity contribution in [1.82, 2.24) is 10.6 Å². The first-order valence-electron chi connectivity index (χ1n) is 14.5. The average Bonchev–Trinajstić information content (AvgIpc) is 2.82. The molecule has 3 N–H and O–H groups in total. The zero-order chi connectivity index (χ0) is 29.0. The fourth-order valence-electron chi connectivity index (χ4n) is 5.06. The Hall–Kier alpha value is -1.05. The van der Waals surface area contributed by atoms with Gasteiger partial charge in [-0.2, -0.15) is 0 Å². The molecule has 0 aliphatic heterocycles.